The Labute approximate surface area is 197 Å². The predicted octanol–water partition coefficient (Wildman–Crippen LogP) is 2.03. The molecule has 0 bridgehead atoms. The van der Waals surface area contributed by atoms with Crippen molar-refractivity contribution in [2.75, 3.05) is 45.3 Å². The molecule has 34 heavy (non-hydrogen) atoms. The molecule has 0 radical (unpaired) electrons. The summed E-state index contributed by atoms with van der Waals surface area (Å²) in [4.78, 5) is 19.1. The number of imidazole rings is 1. The highest BCUT2D eigenvalue weighted by molar-refractivity contribution is 7.89. The van der Waals surface area contributed by atoms with Crippen LogP contribution < -0.4 is 10.2 Å². The van der Waals surface area contributed by atoms with E-state index in [1.165, 1.54) is 38.6 Å². The van der Waals surface area contributed by atoms with Gasteiger partial charge in [-0.2, -0.15) is 0 Å². The van der Waals surface area contributed by atoms with Crippen LogP contribution in [-0.4, -0.2) is 68.6 Å². The molecule has 1 N–H and O–H groups in total. The summed E-state index contributed by atoms with van der Waals surface area (Å²) in [6.45, 7) is 2.28. The van der Waals surface area contributed by atoms with Crippen molar-refractivity contribution in [2.45, 2.75) is 11.4 Å². The Morgan fingerprint density at radius 2 is 1.88 bits per heavy atom. The van der Waals surface area contributed by atoms with Gasteiger partial charge in [0, 0.05) is 51.8 Å². The molecule has 2 aromatic carbocycles. The maximum absolute atomic E-state index is 14.6. The highest BCUT2D eigenvalue weighted by Crippen LogP contribution is 2.26. The highest BCUT2D eigenvalue weighted by atomic mass is 32.2. The molecular weight excluding hydrogens is 461 g/mol. The maximum Gasteiger partial charge on any atom is 0.253 e. The minimum Gasteiger partial charge on any atom is -0.378 e. The minimum absolute atomic E-state index is 0.0235. The van der Waals surface area contributed by atoms with E-state index >= 15 is 0 Å². The fourth-order valence-electron chi connectivity index (χ4n) is 3.70. The van der Waals surface area contributed by atoms with Crippen LogP contribution in [0.3, 0.4) is 0 Å². The van der Waals surface area contributed by atoms with E-state index in [0.717, 1.165) is 4.31 Å². The first kappa shape index (κ1) is 23.9. The summed E-state index contributed by atoms with van der Waals surface area (Å²) >= 11 is 0. The van der Waals surface area contributed by atoms with Crippen molar-refractivity contribution in [3.05, 3.63) is 72.1 Å². The van der Waals surface area contributed by atoms with Crippen molar-refractivity contribution in [3.63, 3.8) is 0 Å². The summed E-state index contributed by atoms with van der Waals surface area (Å²) in [7, 11) is -0.851. The molecule has 1 aliphatic rings. The van der Waals surface area contributed by atoms with E-state index in [-0.39, 0.29) is 17.0 Å². The number of sulfonamides is 1. The van der Waals surface area contributed by atoms with E-state index in [0.29, 0.717) is 43.2 Å². The number of nitrogens with one attached hydrogen (secondary N) is 1. The summed E-state index contributed by atoms with van der Waals surface area (Å²) < 4.78 is 47.9. The van der Waals surface area contributed by atoms with Gasteiger partial charge in [-0.3, -0.25) is 4.79 Å². The van der Waals surface area contributed by atoms with E-state index in [1.54, 1.807) is 35.2 Å². The molecule has 0 aliphatic carbocycles. The second-order valence-electron chi connectivity index (χ2n) is 8.00. The van der Waals surface area contributed by atoms with E-state index in [9.17, 15) is 17.6 Å². The Morgan fingerprint density at radius 3 is 2.53 bits per heavy atom. The number of rotatable bonds is 7. The molecule has 0 spiro atoms. The lowest BCUT2D eigenvalue weighted by molar-refractivity contribution is 0.0949. The Bertz CT molecular complexity index is 1270. The lowest BCUT2D eigenvalue weighted by Gasteiger charge is -2.30. The molecule has 0 saturated carbocycles. The third kappa shape index (κ3) is 4.96. The van der Waals surface area contributed by atoms with Gasteiger partial charge in [-0.05, 0) is 35.9 Å². The summed E-state index contributed by atoms with van der Waals surface area (Å²) in [5.41, 5.74) is 1.78. The number of hydrogen-bond donors (Lipinski definition) is 1. The SMILES string of the molecule is CN(C)S(=O)(=O)c1ccc(N2CCOCC2)c(C(=O)NCc2ccc(-n3ccnc3)c(F)c2)c1. The molecule has 1 aliphatic heterocycles. The number of benzene rings is 2. The van der Waals surface area contributed by atoms with Crippen LogP contribution in [0, 0.1) is 5.82 Å². The fourth-order valence-corrected chi connectivity index (χ4v) is 4.63. The molecule has 180 valence electrons. The van der Waals surface area contributed by atoms with Gasteiger partial charge in [0.05, 0.1) is 35.7 Å². The van der Waals surface area contributed by atoms with Gasteiger partial charge >= 0.3 is 0 Å². The third-order valence-electron chi connectivity index (χ3n) is 5.59. The molecule has 0 unspecified atom stereocenters. The van der Waals surface area contributed by atoms with Crippen molar-refractivity contribution >= 4 is 21.6 Å². The van der Waals surface area contributed by atoms with E-state index in [1.807, 2.05) is 4.90 Å². The Kier molecular flexibility index (Phi) is 6.96. The molecule has 2 heterocycles. The van der Waals surface area contributed by atoms with Gasteiger partial charge in [-0.1, -0.05) is 6.07 Å². The zero-order valence-electron chi connectivity index (χ0n) is 18.9. The quantitative estimate of drug-likeness (QED) is 0.548. The van der Waals surface area contributed by atoms with Crippen LogP contribution in [0.2, 0.25) is 0 Å². The second kappa shape index (κ2) is 9.92. The highest BCUT2D eigenvalue weighted by Gasteiger charge is 2.24. The summed E-state index contributed by atoms with van der Waals surface area (Å²) in [6, 6.07) is 9.22. The predicted molar refractivity (Wildman–Crippen MR) is 125 cm³/mol. The van der Waals surface area contributed by atoms with E-state index in [4.69, 9.17) is 4.74 Å². The zero-order chi connectivity index (χ0) is 24.3. The number of hydrogen-bond acceptors (Lipinski definition) is 6. The number of morpholine rings is 1. The first-order valence-corrected chi connectivity index (χ1v) is 12.2. The van der Waals surface area contributed by atoms with Gasteiger partial charge in [-0.15, -0.1) is 0 Å². The van der Waals surface area contributed by atoms with E-state index in [2.05, 4.69) is 10.3 Å². The van der Waals surface area contributed by atoms with E-state index < -0.39 is 21.7 Å². The summed E-state index contributed by atoms with van der Waals surface area (Å²) in [5.74, 6) is -0.894. The number of ether oxygens (including phenoxy) is 1. The summed E-state index contributed by atoms with van der Waals surface area (Å²) in [5, 5.41) is 2.79. The monoisotopic (exact) mass is 487 g/mol. The van der Waals surface area contributed by atoms with Crippen molar-refractivity contribution in [3.8, 4) is 5.69 Å². The first-order valence-electron chi connectivity index (χ1n) is 10.7. The lowest BCUT2D eigenvalue weighted by atomic mass is 10.1. The molecule has 0 atom stereocenters. The normalized spacial score (nSPS) is 14.4. The number of carbonyl (C=O) groups excluding carboxylic acids is 1. The van der Waals surface area contributed by atoms with Crippen LogP contribution >= 0.6 is 0 Å². The molecule has 1 amide bonds. The first-order chi connectivity index (χ1) is 16.3. The minimum atomic E-state index is -3.73. The Morgan fingerprint density at radius 1 is 1.15 bits per heavy atom. The molecule has 1 fully saturated rings. The number of anilines is 1. The Balaban J connectivity index is 1.59. The third-order valence-corrected chi connectivity index (χ3v) is 7.40. The number of amides is 1. The molecule has 9 nitrogen and oxygen atoms in total. The smallest absolute Gasteiger partial charge is 0.253 e. The maximum atomic E-state index is 14.6. The van der Waals surface area contributed by atoms with Crippen molar-refractivity contribution in [1.29, 1.82) is 0 Å². The number of halogens is 1. The standard InChI is InChI=1S/C23H26FN5O4S/c1-27(2)34(31,32)18-4-6-21(28-9-11-33-12-10-28)19(14-18)23(30)26-15-17-3-5-22(20(24)13-17)29-8-7-25-16-29/h3-8,13-14,16H,9-12,15H2,1-2H3,(H,26,30). The Hall–Kier alpha value is -3.28. The van der Waals surface area contributed by atoms with Crippen LogP contribution in [0.1, 0.15) is 15.9 Å². The topological polar surface area (TPSA) is 96.8 Å². The number of nitrogens with zero attached hydrogens (tertiary/aromatic N) is 4. The van der Waals surface area contributed by atoms with Crippen LogP contribution in [0.4, 0.5) is 10.1 Å². The van der Waals surface area contributed by atoms with Gasteiger partial charge in [0.25, 0.3) is 5.91 Å². The van der Waals surface area contributed by atoms with Crippen molar-refractivity contribution in [1.82, 2.24) is 19.2 Å². The molecule has 1 aromatic heterocycles. The van der Waals surface area contributed by atoms with Crippen LogP contribution in [0.15, 0.2) is 60.0 Å². The largest absolute Gasteiger partial charge is 0.378 e. The molecule has 4 rings (SSSR count). The zero-order valence-corrected chi connectivity index (χ0v) is 19.8. The molecule has 1 saturated heterocycles. The van der Waals surface area contributed by atoms with Crippen LogP contribution in [0.25, 0.3) is 5.69 Å². The van der Waals surface area contributed by atoms with Gasteiger partial charge in [-0.25, -0.2) is 22.1 Å². The second-order valence-corrected chi connectivity index (χ2v) is 10.2. The number of carbonyl (C=O) groups is 1. The van der Waals surface area contributed by atoms with Crippen LogP contribution in [-0.2, 0) is 21.3 Å². The average Bonchev–Trinajstić information content (AvgIpc) is 3.37. The number of aromatic nitrogens is 2. The summed E-state index contributed by atoms with van der Waals surface area (Å²) in [6.07, 6.45) is 4.70. The van der Waals surface area contributed by atoms with Crippen LogP contribution in [0.5, 0.6) is 0 Å². The van der Waals surface area contributed by atoms with Gasteiger partial charge in [0.2, 0.25) is 10.0 Å². The molecule has 11 heteroatoms. The van der Waals surface area contributed by atoms with Gasteiger partial charge in [0.1, 0.15) is 5.82 Å². The van der Waals surface area contributed by atoms with Crippen molar-refractivity contribution < 1.29 is 22.3 Å². The molecule has 3 aromatic rings. The van der Waals surface area contributed by atoms with Gasteiger partial charge < -0.3 is 19.5 Å². The van der Waals surface area contributed by atoms with Gasteiger partial charge in [0.15, 0.2) is 0 Å². The lowest BCUT2D eigenvalue weighted by Crippen LogP contribution is -2.38. The average molecular weight is 488 g/mol. The fraction of sp³-hybridized carbons (Fsp3) is 0.304. The molecular formula is C23H26FN5O4S. The van der Waals surface area contributed by atoms with Crippen molar-refractivity contribution in [2.24, 2.45) is 0 Å².